The molecule has 0 bridgehead atoms. The molecule has 3 rings (SSSR count). The van der Waals surface area contributed by atoms with Gasteiger partial charge in [0.05, 0.1) is 24.9 Å². The molecule has 1 aliphatic rings. The van der Waals surface area contributed by atoms with E-state index in [-0.39, 0.29) is 6.04 Å². The summed E-state index contributed by atoms with van der Waals surface area (Å²) in [6, 6.07) is 4.04. The fourth-order valence-electron chi connectivity index (χ4n) is 2.39. The number of nitrogens with zero attached hydrogens (tertiary/aromatic N) is 4. The van der Waals surface area contributed by atoms with Crippen molar-refractivity contribution in [2.75, 3.05) is 24.7 Å². The quantitative estimate of drug-likeness (QED) is 0.883. The van der Waals surface area contributed by atoms with Gasteiger partial charge in [-0.3, -0.25) is 5.10 Å². The lowest BCUT2D eigenvalue weighted by Gasteiger charge is -2.35. The maximum atomic E-state index is 5.57. The fraction of sp³-hybridized carbons (Fsp3) is 0.462. The number of ether oxygens (including phenoxy) is 1. The molecule has 1 fully saturated rings. The van der Waals surface area contributed by atoms with E-state index in [0.29, 0.717) is 13.2 Å². The lowest BCUT2D eigenvalue weighted by atomic mass is 10.1. The number of H-pyrrole nitrogens is 1. The fourth-order valence-corrected chi connectivity index (χ4v) is 2.39. The van der Waals surface area contributed by atoms with Crippen LogP contribution in [0.4, 0.5) is 5.95 Å². The van der Waals surface area contributed by atoms with Crippen molar-refractivity contribution >= 4 is 5.95 Å². The van der Waals surface area contributed by atoms with Crippen molar-refractivity contribution in [1.29, 1.82) is 0 Å². The van der Waals surface area contributed by atoms with E-state index in [1.807, 2.05) is 26.0 Å². The van der Waals surface area contributed by atoms with Crippen molar-refractivity contribution in [1.82, 2.24) is 20.2 Å². The summed E-state index contributed by atoms with van der Waals surface area (Å²) in [5.41, 5.74) is 3.00. The van der Waals surface area contributed by atoms with Crippen molar-refractivity contribution in [3.63, 3.8) is 0 Å². The average Bonchev–Trinajstić information content (AvgIpc) is 2.91. The van der Waals surface area contributed by atoms with Gasteiger partial charge in [0.25, 0.3) is 0 Å². The Morgan fingerprint density at radius 1 is 1.32 bits per heavy atom. The molecule has 0 amide bonds. The zero-order chi connectivity index (χ0) is 13.2. The molecule has 1 unspecified atom stereocenters. The molecule has 1 atom stereocenters. The molecule has 2 aromatic rings. The number of aromatic nitrogens is 4. The molecule has 100 valence electrons. The van der Waals surface area contributed by atoms with Crippen molar-refractivity contribution in [2.24, 2.45) is 0 Å². The largest absolute Gasteiger partial charge is 0.377 e. The van der Waals surface area contributed by atoms with Crippen LogP contribution in [0.2, 0.25) is 0 Å². The van der Waals surface area contributed by atoms with E-state index >= 15 is 0 Å². The van der Waals surface area contributed by atoms with Gasteiger partial charge in [-0.2, -0.15) is 5.10 Å². The second-order valence-corrected chi connectivity index (χ2v) is 4.75. The maximum absolute atomic E-state index is 5.57. The van der Waals surface area contributed by atoms with Gasteiger partial charge in [0, 0.05) is 24.1 Å². The Hall–Kier alpha value is -1.95. The number of aromatic amines is 1. The van der Waals surface area contributed by atoms with Gasteiger partial charge in [-0.25, -0.2) is 9.97 Å². The number of hydrogen-bond acceptors (Lipinski definition) is 5. The number of rotatable bonds is 2. The summed E-state index contributed by atoms with van der Waals surface area (Å²) < 4.78 is 5.57. The van der Waals surface area contributed by atoms with E-state index in [1.54, 1.807) is 6.20 Å². The van der Waals surface area contributed by atoms with Crippen LogP contribution in [0.5, 0.6) is 0 Å². The molecule has 0 aliphatic carbocycles. The third-order valence-corrected chi connectivity index (χ3v) is 3.24. The van der Waals surface area contributed by atoms with Gasteiger partial charge in [0.2, 0.25) is 5.95 Å². The molecule has 0 spiro atoms. The zero-order valence-corrected chi connectivity index (χ0v) is 11.1. The molecule has 0 saturated carbocycles. The van der Waals surface area contributed by atoms with Crippen LogP contribution in [0.1, 0.15) is 23.1 Å². The van der Waals surface area contributed by atoms with Crippen molar-refractivity contribution in [2.45, 2.75) is 19.9 Å². The molecule has 19 heavy (non-hydrogen) atoms. The summed E-state index contributed by atoms with van der Waals surface area (Å²) in [6.45, 7) is 6.08. The Labute approximate surface area is 111 Å². The summed E-state index contributed by atoms with van der Waals surface area (Å²) in [5.74, 6) is 0.764. The van der Waals surface area contributed by atoms with Crippen LogP contribution >= 0.6 is 0 Å². The lowest BCUT2D eigenvalue weighted by molar-refractivity contribution is 0.0920. The number of hydrogen-bond donors (Lipinski definition) is 1. The number of anilines is 1. The summed E-state index contributed by atoms with van der Waals surface area (Å²) in [4.78, 5) is 11.3. The second kappa shape index (κ2) is 4.97. The average molecular weight is 259 g/mol. The van der Waals surface area contributed by atoms with Gasteiger partial charge in [0.1, 0.15) is 0 Å². The second-order valence-electron chi connectivity index (χ2n) is 4.75. The number of aryl methyl sites for hydroxylation is 2. The van der Waals surface area contributed by atoms with Crippen LogP contribution in [-0.4, -0.2) is 39.9 Å². The van der Waals surface area contributed by atoms with Crippen LogP contribution in [0, 0.1) is 13.8 Å². The molecule has 1 N–H and O–H groups in total. The predicted octanol–water partition coefficient (Wildman–Crippen LogP) is 1.39. The van der Waals surface area contributed by atoms with Crippen LogP contribution in [0.15, 0.2) is 18.3 Å². The standard InChI is InChI=1S/C13H17N5O/c1-9-7-10(2)16-13(15-9)18-5-6-19-8-12(18)11-3-4-14-17-11/h3-4,7,12H,5-6,8H2,1-2H3,(H,14,17). The van der Waals surface area contributed by atoms with Gasteiger partial charge in [-0.1, -0.05) is 0 Å². The van der Waals surface area contributed by atoms with Gasteiger partial charge in [-0.05, 0) is 26.0 Å². The third-order valence-electron chi connectivity index (χ3n) is 3.24. The third kappa shape index (κ3) is 2.44. The molecule has 6 heteroatoms. The van der Waals surface area contributed by atoms with Crippen molar-refractivity contribution < 1.29 is 4.74 Å². The minimum Gasteiger partial charge on any atom is -0.377 e. The predicted molar refractivity (Wildman–Crippen MR) is 71.0 cm³/mol. The highest BCUT2D eigenvalue weighted by Crippen LogP contribution is 2.26. The maximum Gasteiger partial charge on any atom is 0.226 e. The smallest absolute Gasteiger partial charge is 0.226 e. The topological polar surface area (TPSA) is 66.9 Å². The van der Waals surface area contributed by atoms with Gasteiger partial charge in [-0.15, -0.1) is 0 Å². The monoisotopic (exact) mass is 259 g/mol. The molecule has 2 aromatic heterocycles. The molecule has 3 heterocycles. The van der Waals surface area contributed by atoms with E-state index in [9.17, 15) is 0 Å². The Morgan fingerprint density at radius 2 is 2.11 bits per heavy atom. The van der Waals surface area contributed by atoms with E-state index in [4.69, 9.17) is 4.74 Å². The van der Waals surface area contributed by atoms with E-state index in [1.165, 1.54) is 0 Å². The first kappa shape index (κ1) is 12.1. The molecule has 1 saturated heterocycles. The highest BCUT2D eigenvalue weighted by atomic mass is 16.5. The summed E-state index contributed by atoms with van der Waals surface area (Å²) in [5, 5.41) is 7.02. The summed E-state index contributed by atoms with van der Waals surface area (Å²) in [6.07, 6.45) is 1.75. The molecule has 6 nitrogen and oxygen atoms in total. The Balaban J connectivity index is 1.96. The van der Waals surface area contributed by atoms with Crippen molar-refractivity contribution in [3.8, 4) is 0 Å². The minimum absolute atomic E-state index is 0.0949. The highest BCUT2D eigenvalue weighted by Gasteiger charge is 2.27. The van der Waals surface area contributed by atoms with Gasteiger partial charge >= 0.3 is 0 Å². The van der Waals surface area contributed by atoms with Gasteiger partial charge in [0.15, 0.2) is 0 Å². The van der Waals surface area contributed by atoms with Gasteiger partial charge < -0.3 is 9.64 Å². The van der Waals surface area contributed by atoms with E-state index in [2.05, 4.69) is 25.1 Å². The zero-order valence-electron chi connectivity index (χ0n) is 11.1. The first-order valence-electron chi connectivity index (χ1n) is 6.40. The van der Waals surface area contributed by atoms with E-state index in [0.717, 1.165) is 29.6 Å². The number of morpholine rings is 1. The minimum atomic E-state index is 0.0949. The van der Waals surface area contributed by atoms with Crippen LogP contribution < -0.4 is 4.90 Å². The van der Waals surface area contributed by atoms with Crippen LogP contribution in [0.25, 0.3) is 0 Å². The SMILES string of the molecule is Cc1cc(C)nc(N2CCOCC2c2ccn[nH]2)n1. The highest BCUT2D eigenvalue weighted by molar-refractivity contribution is 5.36. The van der Waals surface area contributed by atoms with Crippen molar-refractivity contribution in [3.05, 3.63) is 35.4 Å². The normalized spacial score (nSPS) is 19.7. The Bertz CT molecular complexity index is 534. The summed E-state index contributed by atoms with van der Waals surface area (Å²) in [7, 11) is 0. The first-order chi connectivity index (χ1) is 9.24. The first-order valence-corrected chi connectivity index (χ1v) is 6.40. The van der Waals surface area contributed by atoms with Crippen LogP contribution in [-0.2, 0) is 4.74 Å². The summed E-state index contributed by atoms with van der Waals surface area (Å²) >= 11 is 0. The Morgan fingerprint density at radius 3 is 2.79 bits per heavy atom. The molecular formula is C13H17N5O. The molecular weight excluding hydrogens is 242 g/mol. The number of nitrogens with one attached hydrogen (secondary N) is 1. The van der Waals surface area contributed by atoms with E-state index < -0.39 is 0 Å². The lowest BCUT2D eigenvalue weighted by Crippen LogP contribution is -2.41. The Kier molecular flexibility index (Phi) is 3.16. The molecule has 0 aromatic carbocycles. The molecule has 0 radical (unpaired) electrons. The van der Waals surface area contributed by atoms with Crippen LogP contribution in [0.3, 0.4) is 0 Å². The molecule has 1 aliphatic heterocycles.